The molecule has 1 atom stereocenters. The van der Waals surface area contributed by atoms with Crippen LogP contribution in [0, 0.1) is 11.7 Å². The molecule has 0 saturated carbocycles. The van der Waals surface area contributed by atoms with E-state index < -0.39 is 0 Å². The average Bonchev–Trinajstić information content (AvgIpc) is 3.11. The number of nitrogens with zero attached hydrogens (tertiary/aromatic N) is 1. The Hall–Kier alpha value is -2.63. The van der Waals surface area contributed by atoms with Crippen molar-refractivity contribution in [1.82, 2.24) is 15.2 Å². The molecule has 0 aliphatic carbocycles. The standard InChI is InChI=1S/C19H22FN3O2/c1-2-22-18(24)14-4-3-9-23(12-14)19(25)17-11-21-10-16(17)13-5-7-15(20)8-6-13/h5-8,10-11,14,21H,2-4,9,12H2,1H3,(H,22,24)/t14-/m0/s1. The van der Waals surface area contributed by atoms with E-state index in [-0.39, 0.29) is 23.5 Å². The molecule has 6 heteroatoms. The number of hydrogen-bond acceptors (Lipinski definition) is 2. The predicted octanol–water partition coefficient (Wildman–Crippen LogP) is 2.81. The van der Waals surface area contributed by atoms with Gasteiger partial charge in [-0.2, -0.15) is 0 Å². The van der Waals surface area contributed by atoms with Crippen molar-refractivity contribution >= 4 is 11.8 Å². The van der Waals surface area contributed by atoms with Gasteiger partial charge in [0.1, 0.15) is 5.82 Å². The molecule has 2 heterocycles. The summed E-state index contributed by atoms with van der Waals surface area (Å²) in [4.78, 5) is 29.7. The first-order valence-corrected chi connectivity index (χ1v) is 8.60. The Balaban J connectivity index is 1.78. The molecule has 0 unspecified atom stereocenters. The van der Waals surface area contributed by atoms with E-state index >= 15 is 0 Å². The number of rotatable bonds is 4. The fourth-order valence-electron chi connectivity index (χ4n) is 3.27. The Labute approximate surface area is 146 Å². The van der Waals surface area contributed by atoms with Gasteiger partial charge < -0.3 is 15.2 Å². The largest absolute Gasteiger partial charge is 0.366 e. The third-order valence-electron chi connectivity index (χ3n) is 4.56. The maximum Gasteiger partial charge on any atom is 0.256 e. The molecule has 1 aromatic carbocycles. The van der Waals surface area contributed by atoms with Gasteiger partial charge >= 0.3 is 0 Å². The summed E-state index contributed by atoms with van der Waals surface area (Å²) in [5.74, 6) is -0.568. The molecule has 1 saturated heterocycles. The highest BCUT2D eigenvalue weighted by Gasteiger charge is 2.29. The number of carbonyl (C=O) groups is 2. The quantitative estimate of drug-likeness (QED) is 0.896. The van der Waals surface area contributed by atoms with Gasteiger partial charge in [0.2, 0.25) is 5.91 Å². The fourth-order valence-corrected chi connectivity index (χ4v) is 3.27. The summed E-state index contributed by atoms with van der Waals surface area (Å²) in [6, 6.07) is 6.07. The van der Waals surface area contributed by atoms with E-state index in [4.69, 9.17) is 0 Å². The minimum absolute atomic E-state index is 0.00725. The second-order valence-corrected chi connectivity index (χ2v) is 6.27. The van der Waals surface area contributed by atoms with Gasteiger partial charge in [-0.05, 0) is 37.5 Å². The molecule has 3 rings (SSSR count). The minimum atomic E-state index is -0.312. The number of hydrogen-bond donors (Lipinski definition) is 2. The lowest BCUT2D eigenvalue weighted by Crippen LogP contribution is -2.45. The highest BCUT2D eigenvalue weighted by molar-refractivity contribution is 6.01. The van der Waals surface area contributed by atoms with Crippen LogP contribution in [0.3, 0.4) is 0 Å². The van der Waals surface area contributed by atoms with Crippen molar-refractivity contribution in [3.8, 4) is 11.1 Å². The molecule has 132 valence electrons. The molecule has 0 bridgehead atoms. The van der Waals surface area contributed by atoms with Crippen LogP contribution in [0.4, 0.5) is 4.39 Å². The second-order valence-electron chi connectivity index (χ2n) is 6.27. The van der Waals surface area contributed by atoms with E-state index in [1.165, 1.54) is 12.1 Å². The number of halogens is 1. The van der Waals surface area contributed by atoms with Gasteiger partial charge in [-0.15, -0.1) is 0 Å². The van der Waals surface area contributed by atoms with Gasteiger partial charge in [-0.1, -0.05) is 12.1 Å². The number of amides is 2. The molecule has 2 amide bonds. The van der Waals surface area contributed by atoms with Crippen LogP contribution < -0.4 is 5.32 Å². The Morgan fingerprint density at radius 2 is 2.04 bits per heavy atom. The molecule has 2 aromatic rings. The lowest BCUT2D eigenvalue weighted by molar-refractivity contribution is -0.126. The van der Waals surface area contributed by atoms with Crippen LogP contribution in [0.1, 0.15) is 30.1 Å². The molecular weight excluding hydrogens is 321 g/mol. The van der Waals surface area contributed by atoms with Crippen molar-refractivity contribution in [3.05, 3.63) is 48.0 Å². The molecule has 5 nitrogen and oxygen atoms in total. The molecule has 2 N–H and O–H groups in total. The molecule has 1 fully saturated rings. The Bertz CT molecular complexity index is 754. The number of nitrogens with one attached hydrogen (secondary N) is 2. The van der Waals surface area contributed by atoms with Crippen molar-refractivity contribution in [2.24, 2.45) is 5.92 Å². The number of piperidine rings is 1. The monoisotopic (exact) mass is 343 g/mol. The van der Waals surface area contributed by atoms with Crippen LogP contribution in [-0.2, 0) is 4.79 Å². The molecule has 1 aromatic heterocycles. The van der Waals surface area contributed by atoms with E-state index in [2.05, 4.69) is 10.3 Å². The third kappa shape index (κ3) is 3.73. The van der Waals surface area contributed by atoms with Gasteiger partial charge in [-0.3, -0.25) is 9.59 Å². The SMILES string of the molecule is CCNC(=O)[C@H]1CCCN(C(=O)c2c[nH]cc2-c2ccc(F)cc2)C1. The summed E-state index contributed by atoms with van der Waals surface area (Å²) in [5.41, 5.74) is 2.07. The van der Waals surface area contributed by atoms with Crippen molar-refractivity contribution < 1.29 is 14.0 Å². The summed E-state index contributed by atoms with van der Waals surface area (Å²) >= 11 is 0. The smallest absolute Gasteiger partial charge is 0.256 e. The van der Waals surface area contributed by atoms with Gasteiger partial charge in [0.15, 0.2) is 0 Å². The van der Waals surface area contributed by atoms with Crippen LogP contribution in [0.15, 0.2) is 36.7 Å². The number of likely N-dealkylation sites (tertiary alicyclic amines) is 1. The predicted molar refractivity (Wildman–Crippen MR) is 93.5 cm³/mol. The zero-order chi connectivity index (χ0) is 17.8. The Morgan fingerprint density at radius 3 is 2.76 bits per heavy atom. The normalized spacial score (nSPS) is 17.4. The van der Waals surface area contributed by atoms with Gasteiger partial charge in [0.25, 0.3) is 5.91 Å². The molecule has 1 aliphatic heterocycles. The first-order chi connectivity index (χ1) is 12.1. The lowest BCUT2D eigenvalue weighted by Gasteiger charge is -2.32. The number of benzene rings is 1. The van der Waals surface area contributed by atoms with Crippen molar-refractivity contribution in [2.75, 3.05) is 19.6 Å². The van der Waals surface area contributed by atoms with Crippen molar-refractivity contribution in [2.45, 2.75) is 19.8 Å². The number of H-pyrrole nitrogens is 1. The van der Waals surface area contributed by atoms with E-state index in [9.17, 15) is 14.0 Å². The molecular formula is C19H22FN3O2. The van der Waals surface area contributed by atoms with E-state index in [0.717, 1.165) is 24.0 Å². The molecule has 25 heavy (non-hydrogen) atoms. The highest BCUT2D eigenvalue weighted by atomic mass is 19.1. The number of aromatic nitrogens is 1. The highest BCUT2D eigenvalue weighted by Crippen LogP contribution is 2.27. The average molecular weight is 343 g/mol. The molecule has 1 aliphatic rings. The first kappa shape index (κ1) is 17.2. The Kier molecular flexibility index (Phi) is 5.16. The summed E-state index contributed by atoms with van der Waals surface area (Å²) in [6.45, 7) is 3.55. The van der Waals surface area contributed by atoms with Gasteiger partial charge in [-0.25, -0.2) is 4.39 Å². The maximum absolute atomic E-state index is 13.1. The molecule has 0 spiro atoms. The number of carbonyl (C=O) groups excluding carboxylic acids is 2. The van der Waals surface area contributed by atoms with Crippen molar-refractivity contribution in [1.29, 1.82) is 0 Å². The first-order valence-electron chi connectivity index (χ1n) is 8.60. The lowest BCUT2D eigenvalue weighted by atomic mass is 9.96. The maximum atomic E-state index is 13.1. The van der Waals surface area contributed by atoms with E-state index in [0.29, 0.717) is 25.2 Å². The fraction of sp³-hybridized carbons (Fsp3) is 0.368. The summed E-state index contributed by atoms with van der Waals surface area (Å²) in [5, 5.41) is 2.83. The minimum Gasteiger partial charge on any atom is -0.366 e. The topological polar surface area (TPSA) is 65.2 Å². The van der Waals surface area contributed by atoms with Crippen LogP contribution >= 0.6 is 0 Å². The third-order valence-corrected chi connectivity index (χ3v) is 4.56. The Morgan fingerprint density at radius 1 is 1.28 bits per heavy atom. The zero-order valence-corrected chi connectivity index (χ0v) is 14.2. The van der Waals surface area contributed by atoms with Gasteiger partial charge in [0, 0.05) is 37.6 Å². The second kappa shape index (κ2) is 7.51. The van der Waals surface area contributed by atoms with Crippen LogP contribution in [-0.4, -0.2) is 41.3 Å². The van der Waals surface area contributed by atoms with Crippen LogP contribution in [0.2, 0.25) is 0 Å². The van der Waals surface area contributed by atoms with E-state index in [1.807, 2.05) is 6.92 Å². The van der Waals surface area contributed by atoms with Crippen molar-refractivity contribution in [3.63, 3.8) is 0 Å². The number of aromatic amines is 1. The molecule has 0 radical (unpaired) electrons. The van der Waals surface area contributed by atoms with Gasteiger partial charge in [0.05, 0.1) is 11.5 Å². The van der Waals surface area contributed by atoms with E-state index in [1.54, 1.807) is 29.4 Å². The zero-order valence-electron chi connectivity index (χ0n) is 14.2. The summed E-state index contributed by atoms with van der Waals surface area (Å²) in [6.07, 6.45) is 5.01. The van der Waals surface area contributed by atoms with Crippen LogP contribution in [0.5, 0.6) is 0 Å². The van der Waals surface area contributed by atoms with Crippen LogP contribution in [0.25, 0.3) is 11.1 Å². The summed E-state index contributed by atoms with van der Waals surface area (Å²) < 4.78 is 13.1. The summed E-state index contributed by atoms with van der Waals surface area (Å²) in [7, 11) is 0.